The zero-order valence-corrected chi connectivity index (χ0v) is 10.8. The summed E-state index contributed by atoms with van der Waals surface area (Å²) in [5, 5.41) is 3.17. The number of rotatable bonds is 3. The Morgan fingerprint density at radius 2 is 2.00 bits per heavy atom. The lowest BCUT2D eigenvalue weighted by atomic mass is 10.1. The summed E-state index contributed by atoms with van der Waals surface area (Å²) >= 11 is 0. The minimum absolute atomic E-state index is 0.443. The van der Waals surface area contributed by atoms with Crippen LogP contribution in [0.5, 0.6) is 0 Å². The summed E-state index contributed by atoms with van der Waals surface area (Å²) in [5.41, 5.74) is 9.40. The lowest BCUT2D eigenvalue weighted by Gasteiger charge is -2.07. The highest BCUT2D eigenvalue weighted by atomic mass is 15.1. The standard InChI is InChI=1S/C14H21N3/c1-4-11-8-13(11)17-14(15)16-12-6-9(2)5-10(3)7-12/h5-7,11,13H,4,8H2,1-3H3,(H3,15,16,17)/t11-,13-/m1/s1. The predicted molar refractivity (Wildman–Crippen MR) is 73.3 cm³/mol. The molecule has 0 aromatic heterocycles. The Morgan fingerprint density at radius 3 is 2.53 bits per heavy atom. The van der Waals surface area contributed by atoms with Crippen molar-refractivity contribution >= 4 is 11.6 Å². The fourth-order valence-electron chi connectivity index (χ4n) is 2.23. The Labute approximate surface area is 103 Å². The van der Waals surface area contributed by atoms with Crippen molar-refractivity contribution in [2.45, 2.75) is 39.7 Å². The van der Waals surface area contributed by atoms with Gasteiger partial charge in [0.15, 0.2) is 5.96 Å². The first-order valence-electron chi connectivity index (χ1n) is 6.27. The summed E-state index contributed by atoms with van der Waals surface area (Å²) < 4.78 is 0. The Balaban J connectivity index is 2.00. The Morgan fingerprint density at radius 1 is 1.35 bits per heavy atom. The quantitative estimate of drug-likeness (QED) is 0.621. The highest BCUT2D eigenvalue weighted by Crippen LogP contribution is 2.36. The number of nitrogens with one attached hydrogen (secondary N) is 1. The zero-order valence-electron chi connectivity index (χ0n) is 10.8. The van der Waals surface area contributed by atoms with Gasteiger partial charge in [-0.25, -0.2) is 4.99 Å². The predicted octanol–water partition coefficient (Wildman–Crippen LogP) is 2.83. The second kappa shape index (κ2) is 4.78. The molecule has 1 aliphatic carbocycles. The second-order valence-electron chi connectivity index (χ2n) is 4.99. The summed E-state index contributed by atoms with van der Waals surface area (Å²) in [6.45, 7) is 6.37. The van der Waals surface area contributed by atoms with Gasteiger partial charge in [-0.3, -0.25) is 0 Å². The molecule has 17 heavy (non-hydrogen) atoms. The van der Waals surface area contributed by atoms with Crippen molar-refractivity contribution in [1.29, 1.82) is 0 Å². The van der Waals surface area contributed by atoms with E-state index in [1.54, 1.807) is 0 Å². The number of aliphatic imine (C=N–C) groups is 1. The molecule has 3 heteroatoms. The van der Waals surface area contributed by atoms with Crippen molar-refractivity contribution in [3.8, 4) is 0 Å². The van der Waals surface area contributed by atoms with E-state index in [-0.39, 0.29) is 0 Å². The van der Waals surface area contributed by atoms with Gasteiger partial charge in [0.1, 0.15) is 0 Å². The van der Waals surface area contributed by atoms with Crippen molar-refractivity contribution in [1.82, 2.24) is 0 Å². The van der Waals surface area contributed by atoms with Crippen LogP contribution in [0.25, 0.3) is 0 Å². The molecule has 0 heterocycles. The third-order valence-corrected chi connectivity index (χ3v) is 3.21. The van der Waals surface area contributed by atoms with Gasteiger partial charge in [0.25, 0.3) is 0 Å². The number of guanidine groups is 1. The van der Waals surface area contributed by atoms with E-state index < -0.39 is 0 Å². The fraction of sp³-hybridized carbons (Fsp3) is 0.500. The molecule has 0 spiro atoms. The average molecular weight is 231 g/mol. The summed E-state index contributed by atoms with van der Waals surface area (Å²) in [7, 11) is 0. The molecule has 1 saturated carbocycles. The maximum atomic E-state index is 5.90. The van der Waals surface area contributed by atoms with Gasteiger partial charge in [-0.1, -0.05) is 19.4 Å². The van der Waals surface area contributed by atoms with Crippen LogP contribution in [0.4, 0.5) is 5.69 Å². The minimum Gasteiger partial charge on any atom is -0.370 e. The molecule has 1 aromatic rings. The van der Waals surface area contributed by atoms with Crippen LogP contribution < -0.4 is 11.1 Å². The summed E-state index contributed by atoms with van der Waals surface area (Å²) in [5.74, 6) is 1.28. The first kappa shape index (κ1) is 12.0. The molecule has 0 radical (unpaired) electrons. The van der Waals surface area contributed by atoms with E-state index >= 15 is 0 Å². The van der Waals surface area contributed by atoms with Gasteiger partial charge in [-0.05, 0) is 49.4 Å². The lowest BCUT2D eigenvalue weighted by molar-refractivity contribution is 0.759. The van der Waals surface area contributed by atoms with Crippen molar-refractivity contribution in [3.05, 3.63) is 29.3 Å². The minimum atomic E-state index is 0.443. The molecule has 0 aliphatic heterocycles. The van der Waals surface area contributed by atoms with Crippen molar-refractivity contribution in [2.75, 3.05) is 5.32 Å². The Kier molecular flexibility index (Phi) is 3.36. The second-order valence-corrected chi connectivity index (χ2v) is 4.99. The lowest BCUT2D eigenvalue weighted by Crippen LogP contribution is -2.23. The average Bonchev–Trinajstić information content (AvgIpc) is 2.94. The fourth-order valence-corrected chi connectivity index (χ4v) is 2.23. The number of hydrogen-bond donors (Lipinski definition) is 2. The van der Waals surface area contributed by atoms with Crippen molar-refractivity contribution in [2.24, 2.45) is 16.6 Å². The van der Waals surface area contributed by atoms with Crippen LogP contribution in [0.15, 0.2) is 23.2 Å². The van der Waals surface area contributed by atoms with Crippen molar-refractivity contribution < 1.29 is 0 Å². The monoisotopic (exact) mass is 231 g/mol. The molecular weight excluding hydrogens is 210 g/mol. The number of hydrogen-bond acceptors (Lipinski definition) is 1. The molecule has 3 N–H and O–H groups in total. The van der Waals surface area contributed by atoms with E-state index in [0.717, 1.165) is 11.6 Å². The number of anilines is 1. The molecule has 92 valence electrons. The van der Waals surface area contributed by atoms with Gasteiger partial charge >= 0.3 is 0 Å². The van der Waals surface area contributed by atoms with Gasteiger partial charge in [-0.15, -0.1) is 0 Å². The smallest absolute Gasteiger partial charge is 0.193 e. The normalized spacial score (nSPS) is 23.6. The summed E-state index contributed by atoms with van der Waals surface area (Å²) in [4.78, 5) is 4.48. The van der Waals surface area contributed by atoms with Crippen molar-refractivity contribution in [3.63, 3.8) is 0 Å². The van der Waals surface area contributed by atoms with Gasteiger partial charge in [0.2, 0.25) is 0 Å². The van der Waals surface area contributed by atoms with Crippen LogP contribution in [0, 0.1) is 19.8 Å². The van der Waals surface area contributed by atoms with Gasteiger partial charge in [-0.2, -0.15) is 0 Å². The SMILES string of the molecule is CC[C@@H]1C[C@H]1N=C(N)Nc1cc(C)cc(C)c1. The number of benzene rings is 1. The first-order valence-corrected chi connectivity index (χ1v) is 6.27. The molecule has 1 fully saturated rings. The van der Waals surface area contributed by atoms with E-state index in [4.69, 9.17) is 5.73 Å². The largest absolute Gasteiger partial charge is 0.370 e. The van der Waals surface area contributed by atoms with Gasteiger partial charge < -0.3 is 11.1 Å². The number of nitrogens with two attached hydrogens (primary N) is 1. The van der Waals surface area contributed by atoms with Crippen LogP contribution in [0.2, 0.25) is 0 Å². The maximum absolute atomic E-state index is 5.90. The Bertz CT molecular complexity index is 417. The van der Waals surface area contributed by atoms with Crippen LogP contribution in [0.3, 0.4) is 0 Å². The number of aryl methyl sites for hydroxylation is 2. The molecule has 0 saturated heterocycles. The molecular formula is C14H21N3. The topological polar surface area (TPSA) is 50.4 Å². The maximum Gasteiger partial charge on any atom is 0.193 e. The summed E-state index contributed by atoms with van der Waals surface area (Å²) in [6.07, 6.45) is 2.39. The van der Waals surface area contributed by atoms with E-state index in [2.05, 4.69) is 49.3 Å². The van der Waals surface area contributed by atoms with E-state index in [1.807, 2.05) is 0 Å². The molecule has 3 nitrogen and oxygen atoms in total. The highest BCUT2D eigenvalue weighted by Gasteiger charge is 2.35. The number of nitrogens with zero attached hydrogens (tertiary/aromatic N) is 1. The van der Waals surface area contributed by atoms with Crippen LogP contribution in [-0.4, -0.2) is 12.0 Å². The third kappa shape index (κ3) is 3.22. The summed E-state index contributed by atoms with van der Waals surface area (Å²) in [6, 6.07) is 6.75. The van der Waals surface area contributed by atoms with E-state index in [1.165, 1.54) is 24.0 Å². The Hall–Kier alpha value is -1.51. The molecule has 1 aromatic carbocycles. The van der Waals surface area contributed by atoms with Crippen LogP contribution in [0.1, 0.15) is 30.9 Å². The van der Waals surface area contributed by atoms with E-state index in [0.29, 0.717) is 12.0 Å². The van der Waals surface area contributed by atoms with Gasteiger partial charge in [0, 0.05) is 5.69 Å². The van der Waals surface area contributed by atoms with Crippen LogP contribution >= 0.6 is 0 Å². The first-order chi connectivity index (χ1) is 8.08. The van der Waals surface area contributed by atoms with E-state index in [9.17, 15) is 0 Å². The zero-order chi connectivity index (χ0) is 12.4. The molecule has 2 atom stereocenters. The molecule has 2 rings (SSSR count). The van der Waals surface area contributed by atoms with Gasteiger partial charge in [0.05, 0.1) is 6.04 Å². The third-order valence-electron chi connectivity index (χ3n) is 3.21. The molecule has 0 unspecified atom stereocenters. The molecule has 1 aliphatic rings. The molecule has 0 bridgehead atoms. The highest BCUT2D eigenvalue weighted by molar-refractivity contribution is 5.92. The van der Waals surface area contributed by atoms with Crippen LogP contribution in [-0.2, 0) is 0 Å². The molecule has 0 amide bonds.